The molecule has 0 spiro atoms. The quantitative estimate of drug-likeness (QED) is 0.797. The minimum atomic E-state index is 0.318. The van der Waals surface area contributed by atoms with Crippen molar-refractivity contribution < 1.29 is 4.74 Å². The third-order valence-corrected chi connectivity index (χ3v) is 1.87. The molecule has 2 rings (SSSR count). The minimum Gasteiger partial charge on any atom is -0.472 e. The summed E-state index contributed by atoms with van der Waals surface area (Å²) in [6, 6.07) is 3.77. The molecule has 2 heterocycles. The monoisotopic (exact) mass is 221 g/mol. The molecule has 0 N–H and O–H groups in total. The Kier molecular flexibility index (Phi) is 3.09. The van der Waals surface area contributed by atoms with Gasteiger partial charge in [0.2, 0.25) is 5.88 Å². The normalized spacial score (nSPS) is 9.93. The van der Waals surface area contributed by atoms with Crippen molar-refractivity contribution in [3.05, 3.63) is 47.6 Å². The van der Waals surface area contributed by atoms with Crippen LogP contribution in [-0.2, 0) is 6.61 Å². The van der Waals surface area contributed by atoms with Crippen molar-refractivity contribution in [3.63, 3.8) is 0 Å². The summed E-state index contributed by atoms with van der Waals surface area (Å²) in [5.74, 6) is 0.409. The van der Waals surface area contributed by atoms with Crippen LogP contribution >= 0.6 is 11.6 Å². The van der Waals surface area contributed by atoms with E-state index in [1.54, 1.807) is 12.4 Å². The minimum absolute atomic E-state index is 0.318. The fourth-order valence-electron chi connectivity index (χ4n) is 1.04. The van der Waals surface area contributed by atoms with Crippen LogP contribution in [0.1, 0.15) is 5.56 Å². The molecule has 4 nitrogen and oxygen atoms in total. The zero-order valence-corrected chi connectivity index (χ0v) is 8.55. The SMILES string of the molecule is Clc1cncc(OCc2cccnc2)n1. The van der Waals surface area contributed by atoms with Crippen LogP contribution in [0.3, 0.4) is 0 Å². The first-order chi connectivity index (χ1) is 7.34. The molecule has 0 aliphatic rings. The van der Waals surface area contributed by atoms with Gasteiger partial charge in [0.15, 0.2) is 5.15 Å². The molecule has 0 unspecified atom stereocenters. The standard InChI is InChI=1S/C10H8ClN3O/c11-9-5-13-6-10(14-9)15-7-8-2-1-3-12-4-8/h1-6H,7H2. The topological polar surface area (TPSA) is 47.9 Å². The number of halogens is 1. The van der Waals surface area contributed by atoms with Gasteiger partial charge in [-0.25, -0.2) is 0 Å². The van der Waals surface area contributed by atoms with E-state index in [0.717, 1.165) is 5.56 Å². The lowest BCUT2D eigenvalue weighted by Crippen LogP contribution is -1.98. The van der Waals surface area contributed by atoms with Gasteiger partial charge in [0.05, 0.1) is 12.4 Å². The Hall–Kier alpha value is -1.68. The van der Waals surface area contributed by atoms with Gasteiger partial charge in [-0.2, -0.15) is 4.98 Å². The molecule has 0 aliphatic heterocycles. The summed E-state index contributed by atoms with van der Waals surface area (Å²) in [7, 11) is 0. The van der Waals surface area contributed by atoms with Crippen LogP contribution in [0.2, 0.25) is 5.15 Å². The number of hydrogen-bond acceptors (Lipinski definition) is 4. The molecule has 5 heteroatoms. The van der Waals surface area contributed by atoms with Gasteiger partial charge in [-0.3, -0.25) is 9.97 Å². The zero-order chi connectivity index (χ0) is 10.5. The van der Waals surface area contributed by atoms with Gasteiger partial charge in [0.25, 0.3) is 0 Å². The average Bonchev–Trinajstić information content (AvgIpc) is 2.28. The van der Waals surface area contributed by atoms with E-state index in [-0.39, 0.29) is 0 Å². The van der Waals surface area contributed by atoms with Crippen LogP contribution in [-0.4, -0.2) is 15.0 Å². The summed E-state index contributed by atoms with van der Waals surface area (Å²) in [5, 5.41) is 0.318. The second kappa shape index (κ2) is 4.70. The molecule has 15 heavy (non-hydrogen) atoms. The lowest BCUT2D eigenvalue weighted by molar-refractivity contribution is 0.292. The predicted octanol–water partition coefficient (Wildman–Crippen LogP) is 2.10. The summed E-state index contributed by atoms with van der Waals surface area (Å²) >= 11 is 5.66. The molecule has 0 radical (unpaired) electrons. The first-order valence-corrected chi connectivity index (χ1v) is 4.71. The predicted molar refractivity (Wildman–Crippen MR) is 55.6 cm³/mol. The van der Waals surface area contributed by atoms with Crippen molar-refractivity contribution in [1.82, 2.24) is 15.0 Å². The van der Waals surface area contributed by atoms with Crippen LogP contribution in [0.15, 0.2) is 36.9 Å². The molecule has 2 aromatic heterocycles. The fourth-order valence-corrected chi connectivity index (χ4v) is 1.18. The maximum absolute atomic E-state index is 5.66. The Labute approximate surface area is 91.9 Å². The maximum Gasteiger partial charge on any atom is 0.234 e. The molecule has 0 atom stereocenters. The Balaban J connectivity index is 1.99. The number of rotatable bonds is 3. The number of nitrogens with zero attached hydrogens (tertiary/aromatic N) is 3. The van der Waals surface area contributed by atoms with Crippen molar-refractivity contribution in [1.29, 1.82) is 0 Å². The molecule has 0 aromatic carbocycles. The van der Waals surface area contributed by atoms with Crippen molar-refractivity contribution in [3.8, 4) is 5.88 Å². The Bertz CT molecular complexity index is 436. The van der Waals surface area contributed by atoms with E-state index in [4.69, 9.17) is 16.3 Å². The molecular formula is C10H8ClN3O. The van der Waals surface area contributed by atoms with Gasteiger partial charge in [0, 0.05) is 18.0 Å². The van der Waals surface area contributed by atoms with Gasteiger partial charge in [0.1, 0.15) is 6.61 Å². The van der Waals surface area contributed by atoms with Crippen molar-refractivity contribution >= 4 is 11.6 Å². The molecule has 2 aromatic rings. The van der Waals surface area contributed by atoms with E-state index in [1.807, 2.05) is 12.1 Å². The smallest absolute Gasteiger partial charge is 0.234 e. The highest BCUT2D eigenvalue weighted by Crippen LogP contribution is 2.10. The second-order valence-corrected chi connectivity index (χ2v) is 3.22. The van der Waals surface area contributed by atoms with E-state index in [1.165, 1.54) is 12.4 Å². The highest BCUT2D eigenvalue weighted by molar-refractivity contribution is 6.29. The second-order valence-electron chi connectivity index (χ2n) is 2.83. The first-order valence-electron chi connectivity index (χ1n) is 4.34. The van der Waals surface area contributed by atoms with Gasteiger partial charge in [-0.05, 0) is 6.07 Å². The molecular weight excluding hydrogens is 214 g/mol. The van der Waals surface area contributed by atoms with Gasteiger partial charge in [-0.1, -0.05) is 17.7 Å². The van der Waals surface area contributed by atoms with Crippen LogP contribution in [0.5, 0.6) is 5.88 Å². The van der Waals surface area contributed by atoms with Crippen LogP contribution in [0.25, 0.3) is 0 Å². The van der Waals surface area contributed by atoms with E-state index in [2.05, 4.69) is 15.0 Å². The molecule has 0 saturated carbocycles. The van der Waals surface area contributed by atoms with Crippen LogP contribution in [0.4, 0.5) is 0 Å². The molecule has 0 amide bonds. The lowest BCUT2D eigenvalue weighted by Gasteiger charge is -2.03. The summed E-state index contributed by atoms with van der Waals surface area (Å²) in [6.45, 7) is 0.406. The highest BCUT2D eigenvalue weighted by atomic mass is 35.5. The first kappa shape index (κ1) is 9.86. The van der Waals surface area contributed by atoms with Gasteiger partial charge in [-0.15, -0.1) is 0 Å². The highest BCUT2D eigenvalue weighted by Gasteiger charge is 1.98. The van der Waals surface area contributed by atoms with Gasteiger partial charge >= 0.3 is 0 Å². The third kappa shape index (κ3) is 2.89. The summed E-state index contributed by atoms with van der Waals surface area (Å²) in [4.78, 5) is 11.8. The Morgan fingerprint density at radius 1 is 1.20 bits per heavy atom. The molecule has 76 valence electrons. The lowest BCUT2D eigenvalue weighted by atomic mass is 10.3. The number of aromatic nitrogens is 3. The molecule has 0 saturated heterocycles. The number of hydrogen-bond donors (Lipinski definition) is 0. The number of ether oxygens (including phenoxy) is 1. The summed E-state index contributed by atoms with van der Waals surface area (Å²) < 4.78 is 5.37. The summed E-state index contributed by atoms with van der Waals surface area (Å²) in [6.07, 6.45) is 6.42. The number of pyridine rings is 1. The molecule has 0 aliphatic carbocycles. The molecule has 0 bridgehead atoms. The summed E-state index contributed by atoms with van der Waals surface area (Å²) in [5.41, 5.74) is 0.972. The van der Waals surface area contributed by atoms with E-state index in [9.17, 15) is 0 Å². The van der Waals surface area contributed by atoms with Crippen molar-refractivity contribution in [2.75, 3.05) is 0 Å². The Morgan fingerprint density at radius 2 is 2.13 bits per heavy atom. The zero-order valence-electron chi connectivity index (χ0n) is 7.80. The average molecular weight is 222 g/mol. The van der Waals surface area contributed by atoms with E-state index >= 15 is 0 Å². The van der Waals surface area contributed by atoms with Crippen molar-refractivity contribution in [2.45, 2.75) is 6.61 Å². The van der Waals surface area contributed by atoms with E-state index < -0.39 is 0 Å². The fraction of sp³-hybridized carbons (Fsp3) is 0.100. The van der Waals surface area contributed by atoms with Crippen LogP contribution in [0, 0.1) is 0 Å². The maximum atomic E-state index is 5.66. The van der Waals surface area contributed by atoms with Crippen molar-refractivity contribution in [2.24, 2.45) is 0 Å². The molecule has 0 fully saturated rings. The van der Waals surface area contributed by atoms with Gasteiger partial charge < -0.3 is 4.74 Å². The van der Waals surface area contributed by atoms with Crippen LogP contribution < -0.4 is 4.74 Å². The van der Waals surface area contributed by atoms with E-state index in [0.29, 0.717) is 17.6 Å². The third-order valence-electron chi connectivity index (χ3n) is 1.69. The Morgan fingerprint density at radius 3 is 2.87 bits per heavy atom. The largest absolute Gasteiger partial charge is 0.472 e.